The molecule has 2 aromatic heterocycles. The van der Waals surface area contributed by atoms with E-state index in [2.05, 4.69) is 15.1 Å². The second-order valence-corrected chi connectivity index (χ2v) is 6.26. The minimum atomic E-state index is -3.52. The van der Waals surface area contributed by atoms with Crippen LogP contribution in [0.2, 0.25) is 0 Å². The molecule has 0 saturated heterocycles. The quantitative estimate of drug-likeness (QED) is 0.780. The molecule has 0 amide bonds. The van der Waals surface area contributed by atoms with E-state index in [1.807, 2.05) is 23.9 Å². The molecule has 0 aliphatic rings. The Balaban J connectivity index is 1.88. The SMILES string of the molecule is CNS(=O)(=O)c1ccc(CNC(C)Cn2cccn2)o1. The van der Waals surface area contributed by atoms with Crippen LogP contribution in [0.1, 0.15) is 12.7 Å². The maximum absolute atomic E-state index is 11.5. The number of hydrogen-bond acceptors (Lipinski definition) is 5. The molecule has 7 nitrogen and oxygen atoms in total. The molecule has 0 aromatic carbocycles. The number of furan rings is 1. The molecule has 0 aliphatic heterocycles. The molecule has 1 atom stereocenters. The van der Waals surface area contributed by atoms with Gasteiger partial charge in [-0.3, -0.25) is 4.68 Å². The highest BCUT2D eigenvalue weighted by atomic mass is 32.2. The van der Waals surface area contributed by atoms with Gasteiger partial charge in [-0.15, -0.1) is 0 Å². The van der Waals surface area contributed by atoms with E-state index in [9.17, 15) is 8.42 Å². The Morgan fingerprint density at radius 2 is 2.25 bits per heavy atom. The van der Waals surface area contributed by atoms with E-state index in [4.69, 9.17) is 4.42 Å². The number of hydrogen-bond donors (Lipinski definition) is 2. The molecule has 0 bridgehead atoms. The third-order valence-electron chi connectivity index (χ3n) is 2.82. The second-order valence-electron chi connectivity index (χ2n) is 4.44. The van der Waals surface area contributed by atoms with Crippen LogP contribution in [-0.2, 0) is 23.1 Å². The van der Waals surface area contributed by atoms with E-state index < -0.39 is 10.0 Å². The fourth-order valence-electron chi connectivity index (χ4n) is 1.73. The predicted molar refractivity (Wildman–Crippen MR) is 73.5 cm³/mol. The summed E-state index contributed by atoms with van der Waals surface area (Å²) in [5.41, 5.74) is 0. The predicted octanol–water partition coefficient (Wildman–Crippen LogP) is 0.562. The lowest BCUT2D eigenvalue weighted by Gasteiger charge is -2.12. The Labute approximate surface area is 118 Å². The first-order valence-electron chi connectivity index (χ1n) is 6.24. The molecule has 2 aromatic rings. The zero-order valence-corrected chi connectivity index (χ0v) is 12.2. The number of rotatable bonds is 7. The lowest BCUT2D eigenvalue weighted by Crippen LogP contribution is -2.30. The molecule has 0 aliphatic carbocycles. The fourth-order valence-corrected chi connectivity index (χ4v) is 2.39. The molecular weight excluding hydrogens is 280 g/mol. The first-order valence-corrected chi connectivity index (χ1v) is 7.72. The molecule has 8 heteroatoms. The van der Waals surface area contributed by atoms with E-state index in [0.29, 0.717) is 12.3 Å². The van der Waals surface area contributed by atoms with Gasteiger partial charge in [0.25, 0.3) is 10.0 Å². The lowest BCUT2D eigenvalue weighted by atomic mass is 10.3. The first-order chi connectivity index (χ1) is 9.51. The summed E-state index contributed by atoms with van der Waals surface area (Å²) >= 11 is 0. The van der Waals surface area contributed by atoms with E-state index in [0.717, 1.165) is 6.54 Å². The van der Waals surface area contributed by atoms with Crippen LogP contribution in [0.25, 0.3) is 0 Å². The molecule has 1 unspecified atom stereocenters. The molecule has 0 fully saturated rings. The molecule has 0 saturated carbocycles. The minimum Gasteiger partial charge on any atom is -0.447 e. The number of aromatic nitrogens is 2. The molecule has 2 N–H and O–H groups in total. The zero-order valence-electron chi connectivity index (χ0n) is 11.4. The Morgan fingerprint density at radius 3 is 2.90 bits per heavy atom. The van der Waals surface area contributed by atoms with Crippen LogP contribution >= 0.6 is 0 Å². The molecule has 20 heavy (non-hydrogen) atoms. The molecule has 110 valence electrons. The Morgan fingerprint density at radius 1 is 1.45 bits per heavy atom. The average Bonchev–Trinajstić information content (AvgIpc) is 3.07. The van der Waals surface area contributed by atoms with Crippen LogP contribution in [-0.4, -0.2) is 31.3 Å². The summed E-state index contributed by atoms with van der Waals surface area (Å²) in [5.74, 6) is 0.575. The largest absolute Gasteiger partial charge is 0.447 e. The van der Waals surface area contributed by atoms with Crippen LogP contribution in [0.4, 0.5) is 0 Å². The summed E-state index contributed by atoms with van der Waals surface area (Å²) in [6, 6.07) is 5.15. The van der Waals surface area contributed by atoms with Crippen LogP contribution < -0.4 is 10.0 Å². The lowest BCUT2D eigenvalue weighted by molar-refractivity contribution is 0.377. The first kappa shape index (κ1) is 14.8. The summed E-state index contributed by atoms with van der Waals surface area (Å²) in [7, 11) is -2.17. The molecule has 2 rings (SSSR count). The molecule has 0 spiro atoms. The highest BCUT2D eigenvalue weighted by Crippen LogP contribution is 2.13. The van der Waals surface area contributed by atoms with Crippen molar-refractivity contribution < 1.29 is 12.8 Å². The van der Waals surface area contributed by atoms with Gasteiger partial charge in [0.2, 0.25) is 5.09 Å². The summed E-state index contributed by atoms with van der Waals surface area (Å²) in [5, 5.41) is 7.30. The Kier molecular flexibility index (Phi) is 4.58. The van der Waals surface area contributed by atoms with Crippen molar-refractivity contribution in [3.63, 3.8) is 0 Å². The summed E-state index contributed by atoms with van der Waals surface area (Å²) < 4.78 is 32.4. The standard InChI is InChI=1S/C12H18N4O3S/c1-10(9-16-7-3-6-15-16)14-8-11-4-5-12(19-11)20(17,18)13-2/h3-7,10,13-14H,8-9H2,1-2H3. The van der Waals surface area contributed by atoms with Gasteiger partial charge in [-0.2, -0.15) is 5.10 Å². The Bertz CT molecular complexity index is 633. The monoisotopic (exact) mass is 298 g/mol. The van der Waals surface area contributed by atoms with Gasteiger partial charge in [-0.1, -0.05) is 0 Å². The van der Waals surface area contributed by atoms with Crippen molar-refractivity contribution in [1.29, 1.82) is 0 Å². The summed E-state index contributed by atoms with van der Waals surface area (Å²) in [6.45, 7) is 3.22. The normalized spacial score (nSPS) is 13.5. The highest BCUT2D eigenvalue weighted by Gasteiger charge is 2.16. The molecule has 2 heterocycles. The van der Waals surface area contributed by atoms with Crippen molar-refractivity contribution in [3.8, 4) is 0 Å². The van der Waals surface area contributed by atoms with Gasteiger partial charge >= 0.3 is 0 Å². The molecular formula is C12H18N4O3S. The van der Waals surface area contributed by atoms with E-state index >= 15 is 0 Å². The van der Waals surface area contributed by atoms with Crippen molar-refractivity contribution in [2.24, 2.45) is 0 Å². The van der Waals surface area contributed by atoms with E-state index in [1.165, 1.54) is 13.1 Å². The van der Waals surface area contributed by atoms with Gasteiger partial charge in [-0.25, -0.2) is 13.1 Å². The van der Waals surface area contributed by atoms with E-state index in [1.54, 1.807) is 12.3 Å². The van der Waals surface area contributed by atoms with Crippen LogP contribution in [0.15, 0.2) is 40.1 Å². The van der Waals surface area contributed by atoms with Crippen LogP contribution in [0.5, 0.6) is 0 Å². The third kappa shape index (κ3) is 3.69. The van der Waals surface area contributed by atoms with Gasteiger partial charge in [0.15, 0.2) is 0 Å². The fraction of sp³-hybridized carbons (Fsp3) is 0.417. The molecule has 0 radical (unpaired) electrons. The van der Waals surface area contributed by atoms with E-state index in [-0.39, 0.29) is 11.1 Å². The number of sulfonamides is 1. The van der Waals surface area contributed by atoms with Crippen LogP contribution in [0.3, 0.4) is 0 Å². The van der Waals surface area contributed by atoms with Crippen molar-refractivity contribution in [2.45, 2.75) is 31.1 Å². The van der Waals surface area contributed by atoms with Gasteiger partial charge in [0, 0.05) is 18.4 Å². The summed E-state index contributed by atoms with van der Waals surface area (Å²) in [4.78, 5) is 0. The zero-order chi connectivity index (χ0) is 14.6. The smallest absolute Gasteiger partial charge is 0.273 e. The van der Waals surface area contributed by atoms with Crippen molar-refractivity contribution in [3.05, 3.63) is 36.4 Å². The van der Waals surface area contributed by atoms with Crippen LogP contribution in [0, 0.1) is 0 Å². The third-order valence-corrected chi connectivity index (χ3v) is 4.10. The van der Waals surface area contributed by atoms with Crippen molar-refractivity contribution in [2.75, 3.05) is 7.05 Å². The number of nitrogens with zero attached hydrogens (tertiary/aromatic N) is 2. The number of nitrogens with one attached hydrogen (secondary N) is 2. The summed E-state index contributed by atoms with van der Waals surface area (Å²) in [6.07, 6.45) is 3.62. The average molecular weight is 298 g/mol. The Hall–Kier alpha value is -1.64. The second kappa shape index (κ2) is 6.21. The van der Waals surface area contributed by atoms with Crippen molar-refractivity contribution >= 4 is 10.0 Å². The maximum atomic E-state index is 11.5. The topological polar surface area (TPSA) is 89.2 Å². The van der Waals surface area contributed by atoms with Crippen molar-refractivity contribution in [1.82, 2.24) is 19.8 Å². The van der Waals surface area contributed by atoms with Gasteiger partial charge in [0.05, 0.1) is 13.1 Å². The highest BCUT2D eigenvalue weighted by molar-refractivity contribution is 7.89. The maximum Gasteiger partial charge on any atom is 0.273 e. The van der Waals surface area contributed by atoms with Gasteiger partial charge in [0.1, 0.15) is 5.76 Å². The minimum absolute atomic E-state index is 0.0727. The van der Waals surface area contributed by atoms with Gasteiger partial charge in [-0.05, 0) is 32.2 Å². The van der Waals surface area contributed by atoms with Gasteiger partial charge < -0.3 is 9.73 Å².